The van der Waals surface area contributed by atoms with Crippen molar-refractivity contribution in [3.05, 3.63) is 29.6 Å². The third kappa shape index (κ3) is 3.35. The number of ether oxygens (including phenoxy) is 1. The standard InChI is InChI=1S/C13H19FN2O3S/c1-13(5-2-6-19-13)9-16-20(17,18)12-4-3-10(8-15)7-11(12)14/h3-4,7,16H,2,5-6,8-9,15H2,1H3. The van der Waals surface area contributed by atoms with Gasteiger partial charge in [0.05, 0.1) is 5.60 Å². The van der Waals surface area contributed by atoms with Crippen molar-refractivity contribution >= 4 is 10.0 Å². The van der Waals surface area contributed by atoms with Gasteiger partial charge in [-0.2, -0.15) is 0 Å². The fourth-order valence-electron chi connectivity index (χ4n) is 2.19. The zero-order valence-electron chi connectivity index (χ0n) is 11.4. The van der Waals surface area contributed by atoms with Crippen molar-refractivity contribution in [2.75, 3.05) is 13.2 Å². The van der Waals surface area contributed by atoms with Crippen LogP contribution in [0.2, 0.25) is 0 Å². The first-order valence-electron chi connectivity index (χ1n) is 6.48. The monoisotopic (exact) mass is 302 g/mol. The summed E-state index contributed by atoms with van der Waals surface area (Å²) in [6.07, 6.45) is 1.68. The van der Waals surface area contributed by atoms with Gasteiger partial charge >= 0.3 is 0 Å². The second-order valence-electron chi connectivity index (χ2n) is 5.20. The van der Waals surface area contributed by atoms with E-state index in [1.807, 2.05) is 6.92 Å². The van der Waals surface area contributed by atoms with Crippen LogP contribution in [0.5, 0.6) is 0 Å². The maximum Gasteiger partial charge on any atom is 0.243 e. The molecule has 1 aromatic rings. The average Bonchev–Trinajstić information content (AvgIpc) is 2.84. The Kier molecular flexibility index (Phi) is 4.43. The normalized spacial score (nSPS) is 23.1. The highest BCUT2D eigenvalue weighted by Gasteiger charge is 2.32. The van der Waals surface area contributed by atoms with E-state index in [1.165, 1.54) is 12.1 Å². The first-order chi connectivity index (χ1) is 9.36. The van der Waals surface area contributed by atoms with Gasteiger partial charge in [0.15, 0.2) is 0 Å². The predicted octanol–water partition coefficient (Wildman–Crippen LogP) is 1.13. The summed E-state index contributed by atoms with van der Waals surface area (Å²) in [7, 11) is -3.89. The third-order valence-corrected chi connectivity index (χ3v) is 4.89. The van der Waals surface area contributed by atoms with Crippen LogP contribution in [0.1, 0.15) is 25.3 Å². The highest BCUT2D eigenvalue weighted by Crippen LogP contribution is 2.25. The van der Waals surface area contributed by atoms with E-state index in [0.717, 1.165) is 18.9 Å². The van der Waals surface area contributed by atoms with Crippen molar-refractivity contribution in [1.29, 1.82) is 0 Å². The highest BCUT2D eigenvalue weighted by atomic mass is 32.2. The number of rotatable bonds is 5. The first-order valence-corrected chi connectivity index (χ1v) is 7.97. The smallest absolute Gasteiger partial charge is 0.243 e. The predicted molar refractivity (Wildman–Crippen MR) is 73.1 cm³/mol. The van der Waals surface area contributed by atoms with Crippen LogP contribution in [0.4, 0.5) is 4.39 Å². The average molecular weight is 302 g/mol. The molecule has 1 aromatic carbocycles. The maximum atomic E-state index is 13.8. The Morgan fingerprint density at radius 2 is 2.25 bits per heavy atom. The number of sulfonamides is 1. The van der Waals surface area contributed by atoms with Crippen LogP contribution in [0.25, 0.3) is 0 Å². The molecule has 1 fully saturated rings. The summed E-state index contributed by atoms with van der Waals surface area (Å²) in [5.41, 5.74) is 5.42. The van der Waals surface area contributed by atoms with Gasteiger partial charge in [-0.3, -0.25) is 0 Å². The lowest BCUT2D eigenvalue weighted by molar-refractivity contribution is 0.0250. The molecule has 0 spiro atoms. The SMILES string of the molecule is CC1(CNS(=O)(=O)c2ccc(CN)cc2F)CCCO1. The molecule has 0 saturated carbocycles. The minimum atomic E-state index is -3.89. The molecule has 1 aliphatic heterocycles. The van der Waals surface area contributed by atoms with Gasteiger partial charge in [-0.05, 0) is 37.5 Å². The molecule has 0 aliphatic carbocycles. The molecule has 2 rings (SSSR count). The van der Waals surface area contributed by atoms with Gasteiger partial charge in [-0.1, -0.05) is 6.07 Å². The Morgan fingerprint density at radius 3 is 2.80 bits per heavy atom. The van der Waals surface area contributed by atoms with Crippen LogP contribution in [0, 0.1) is 5.82 Å². The topological polar surface area (TPSA) is 81.4 Å². The first kappa shape index (κ1) is 15.4. The van der Waals surface area contributed by atoms with E-state index in [0.29, 0.717) is 12.2 Å². The molecular weight excluding hydrogens is 283 g/mol. The van der Waals surface area contributed by atoms with Crippen LogP contribution < -0.4 is 10.5 Å². The van der Waals surface area contributed by atoms with Crippen molar-refractivity contribution in [3.63, 3.8) is 0 Å². The fourth-order valence-corrected chi connectivity index (χ4v) is 3.40. The molecule has 0 aromatic heterocycles. The molecule has 3 N–H and O–H groups in total. The second-order valence-corrected chi connectivity index (χ2v) is 6.93. The summed E-state index contributed by atoms with van der Waals surface area (Å²) < 4.78 is 46.0. The molecule has 7 heteroatoms. The second kappa shape index (κ2) is 5.77. The highest BCUT2D eigenvalue weighted by molar-refractivity contribution is 7.89. The molecule has 1 aliphatic rings. The van der Waals surface area contributed by atoms with E-state index < -0.39 is 21.4 Å². The maximum absolute atomic E-state index is 13.8. The lowest BCUT2D eigenvalue weighted by Gasteiger charge is -2.23. The largest absolute Gasteiger partial charge is 0.374 e. The molecular formula is C13H19FN2O3S. The quantitative estimate of drug-likeness (QED) is 0.854. The number of benzene rings is 1. The summed E-state index contributed by atoms with van der Waals surface area (Å²) >= 11 is 0. The van der Waals surface area contributed by atoms with Crippen molar-refractivity contribution in [3.8, 4) is 0 Å². The molecule has 0 amide bonds. The molecule has 1 atom stereocenters. The summed E-state index contributed by atoms with van der Waals surface area (Å²) in [4.78, 5) is -0.365. The number of nitrogens with one attached hydrogen (secondary N) is 1. The Morgan fingerprint density at radius 1 is 1.50 bits per heavy atom. The number of halogens is 1. The lowest BCUT2D eigenvalue weighted by Crippen LogP contribution is -2.40. The van der Waals surface area contributed by atoms with Crippen LogP contribution in [-0.4, -0.2) is 27.2 Å². The molecule has 1 unspecified atom stereocenters. The molecule has 5 nitrogen and oxygen atoms in total. The molecule has 1 saturated heterocycles. The Labute approximate surface area is 118 Å². The number of nitrogens with two attached hydrogens (primary N) is 1. The minimum Gasteiger partial charge on any atom is -0.374 e. The Balaban J connectivity index is 2.14. The van der Waals surface area contributed by atoms with Crippen molar-refractivity contribution in [1.82, 2.24) is 4.72 Å². The van der Waals surface area contributed by atoms with Gasteiger partial charge in [-0.15, -0.1) is 0 Å². The van der Waals surface area contributed by atoms with Crippen molar-refractivity contribution in [2.45, 2.75) is 36.8 Å². The zero-order chi connectivity index (χ0) is 14.8. The van der Waals surface area contributed by atoms with E-state index in [1.54, 1.807) is 0 Å². The van der Waals surface area contributed by atoms with E-state index in [4.69, 9.17) is 10.5 Å². The van der Waals surface area contributed by atoms with Crippen LogP contribution in [0.3, 0.4) is 0 Å². The van der Waals surface area contributed by atoms with Gasteiger partial charge in [0.25, 0.3) is 0 Å². The number of hydrogen-bond donors (Lipinski definition) is 2. The van der Waals surface area contributed by atoms with E-state index >= 15 is 0 Å². The molecule has 20 heavy (non-hydrogen) atoms. The lowest BCUT2D eigenvalue weighted by atomic mass is 10.0. The zero-order valence-corrected chi connectivity index (χ0v) is 12.2. The van der Waals surface area contributed by atoms with Crippen LogP contribution in [0.15, 0.2) is 23.1 Å². The molecule has 0 bridgehead atoms. The fraction of sp³-hybridized carbons (Fsp3) is 0.538. The van der Waals surface area contributed by atoms with Gasteiger partial charge in [-0.25, -0.2) is 17.5 Å². The van der Waals surface area contributed by atoms with Crippen LogP contribution in [-0.2, 0) is 21.3 Å². The number of hydrogen-bond acceptors (Lipinski definition) is 4. The van der Waals surface area contributed by atoms with Crippen molar-refractivity contribution < 1.29 is 17.5 Å². The summed E-state index contributed by atoms with van der Waals surface area (Å²) in [5, 5.41) is 0. The van der Waals surface area contributed by atoms with Crippen LogP contribution >= 0.6 is 0 Å². The minimum absolute atomic E-state index is 0.132. The van der Waals surface area contributed by atoms with Gasteiger partial charge in [0.1, 0.15) is 10.7 Å². The Hall–Kier alpha value is -1.02. The summed E-state index contributed by atoms with van der Waals surface area (Å²) in [6, 6.07) is 3.88. The third-order valence-electron chi connectivity index (χ3n) is 3.46. The Bertz CT molecular complexity index is 583. The summed E-state index contributed by atoms with van der Waals surface area (Å²) in [5.74, 6) is -0.794. The van der Waals surface area contributed by atoms with E-state index in [2.05, 4.69) is 4.72 Å². The van der Waals surface area contributed by atoms with E-state index in [9.17, 15) is 12.8 Å². The van der Waals surface area contributed by atoms with Gasteiger partial charge in [0.2, 0.25) is 10.0 Å². The van der Waals surface area contributed by atoms with Crippen molar-refractivity contribution in [2.24, 2.45) is 5.73 Å². The molecule has 0 radical (unpaired) electrons. The van der Waals surface area contributed by atoms with Gasteiger partial charge in [0, 0.05) is 19.7 Å². The molecule has 112 valence electrons. The van der Waals surface area contributed by atoms with E-state index in [-0.39, 0.29) is 18.0 Å². The summed E-state index contributed by atoms with van der Waals surface area (Å²) in [6.45, 7) is 2.76. The molecule has 1 heterocycles. The van der Waals surface area contributed by atoms with Gasteiger partial charge < -0.3 is 10.5 Å².